The van der Waals surface area contributed by atoms with Crippen molar-refractivity contribution >= 4 is 34.7 Å². The molecular weight excluding hydrogens is 460 g/mol. The van der Waals surface area contributed by atoms with Crippen molar-refractivity contribution in [2.45, 2.75) is 51.1 Å². The van der Waals surface area contributed by atoms with Crippen LogP contribution in [0, 0.1) is 0 Å². The van der Waals surface area contributed by atoms with Crippen molar-refractivity contribution in [2.75, 3.05) is 32.5 Å². The van der Waals surface area contributed by atoms with Crippen molar-refractivity contribution in [1.29, 1.82) is 0 Å². The maximum atomic E-state index is 12.8. The smallest absolute Gasteiger partial charge is 0.352 e. The summed E-state index contributed by atoms with van der Waals surface area (Å²) in [6, 6.07) is 5.75. The number of fused-ring (bicyclic) bond motifs is 3. The maximum Gasteiger partial charge on any atom is 0.352 e. The standard InChI is InChI=1S/C23H27N7O3.C2H7N/c1-2-3-4-5-17-16-9-18(22(32)33)26-20(16)29-23(27-17)28-19-7-6-13(10-25-19)21(31)30-12-14-8-15(30)11-24-14;1-3-2/h6-7,9-10,14-15,24H,2-5,8,11-12H2,1H3,(H,32,33)(H2,25,26,27,28,29);3H,1-2H3/t14-,15-;/m1./s1. The molecule has 0 aliphatic carbocycles. The first-order valence-corrected chi connectivity index (χ1v) is 12.4. The van der Waals surface area contributed by atoms with Gasteiger partial charge in [-0.25, -0.2) is 14.8 Å². The van der Waals surface area contributed by atoms with Gasteiger partial charge < -0.3 is 30.9 Å². The summed E-state index contributed by atoms with van der Waals surface area (Å²) in [4.78, 5) is 42.5. The van der Waals surface area contributed by atoms with Crippen molar-refractivity contribution in [2.24, 2.45) is 0 Å². The molecule has 0 unspecified atom stereocenters. The number of amides is 1. The van der Waals surface area contributed by atoms with Crippen LogP contribution in [0.2, 0.25) is 0 Å². The van der Waals surface area contributed by atoms with Gasteiger partial charge in [0, 0.05) is 36.8 Å². The van der Waals surface area contributed by atoms with Crippen LogP contribution >= 0.6 is 0 Å². The zero-order valence-electron chi connectivity index (χ0n) is 21.0. The topological polar surface area (TPSA) is 148 Å². The van der Waals surface area contributed by atoms with Gasteiger partial charge in [-0.3, -0.25) is 4.79 Å². The van der Waals surface area contributed by atoms with Crippen LogP contribution < -0.4 is 16.0 Å². The predicted molar refractivity (Wildman–Crippen MR) is 138 cm³/mol. The van der Waals surface area contributed by atoms with Crippen molar-refractivity contribution in [3.8, 4) is 0 Å². The number of carboxylic acid groups (broad SMARTS) is 1. The largest absolute Gasteiger partial charge is 0.477 e. The Labute approximate surface area is 210 Å². The molecule has 5 rings (SSSR count). The quantitative estimate of drug-likeness (QED) is 0.298. The van der Waals surface area contributed by atoms with Crippen LogP contribution in [-0.2, 0) is 6.42 Å². The Morgan fingerprint density at radius 2 is 2.03 bits per heavy atom. The molecule has 11 nitrogen and oxygen atoms in total. The van der Waals surface area contributed by atoms with E-state index in [1.165, 1.54) is 0 Å². The molecule has 1 amide bonds. The second-order valence-electron chi connectivity index (χ2n) is 9.21. The third-order valence-electron chi connectivity index (χ3n) is 6.38. The summed E-state index contributed by atoms with van der Waals surface area (Å²) in [5.41, 5.74) is 1.91. The van der Waals surface area contributed by atoms with Gasteiger partial charge in [-0.1, -0.05) is 19.8 Å². The number of nitrogens with one attached hydrogen (secondary N) is 4. The van der Waals surface area contributed by atoms with Crippen molar-refractivity contribution < 1.29 is 14.7 Å². The zero-order valence-corrected chi connectivity index (χ0v) is 21.0. The van der Waals surface area contributed by atoms with Gasteiger partial charge in [-0.15, -0.1) is 0 Å². The van der Waals surface area contributed by atoms with Crippen LogP contribution in [-0.4, -0.2) is 81.1 Å². The summed E-state index contributed by atoms with van der Waals surface area (Å²) in [7, 11) is 3.75. The third-order valence-corrected chi connectivity index (χ3v) is 6.38. The molecule has 5 N–H and O–H groups in total. The summed E-state index contributed by atoms with van der Waals surface area (Å²) in [6.07, 6.45) is 6.42. The molecule has 3 aromatic heterocycles. The van der Waals surface area contributed by atoms with E-state index in [0.29, 0.717) is 29.0 Å². The second-order valence-corrected chi connectivity index (χ2v) is 9.21. The molecule has 0 radical (unpaired) electrons. The van der Waals surface area contributed by atoms with Gasteiger partial charge in [0.1, 0.15) is 17.2 Å². The molecule has 2 bridgehead atoms. The Hall–Kier alpha value is -3.57. The van der Waals surface area contributed by atoms with Crippen LogP contribution in [0.1, 0.15) is 59.1 Å². The molecule has 5 heterocycles. The molecular formula is C25H34N8O3. The Morgan fingerprint density at radius 3 is 2.64 bits per heavy atom. The number of aromatic nitrogens is 4. The number of carboxylic acids is 1. The highest BCUT2D eigenvalue weighted by molar-refractivity contribution is 5.95. The summed E-state index contributed by atoms with van der Waals surface area (Å²) in [5.74, 6) is -0.181. The number of carbonyl (C=O) groups is 2. The van der Waals surface area contributed by atoms with Crippen LogP contribution in [0.25, 0.3) is 11.0 Å². The molecule has 3 aromatic rings. The molecule has 192 valence electrons. The van der Waals surface area contributed by atoms with E-state index < -0.39 is 5.97 Å². The van der Waals surface area contributed by atoms with Gasteiger partial charge in [0.15, 0.2) is 0 Å². The Morgan fingerprint density at radius 1 is 1.22 bits per heavy atom. The highest BCUT2D eigenvalue weighted by Gasteiger charge is 2.40. The Balaban J connectivity index is 0.000000967. The van der Waals surface area contributed by atoms with Crippen molar-refractivity contribution in [1.82, 2.24) is 35.5 Å². The number of aromatic amines is 1. The number of unbranched alkanes of at least 4 members (excludes halogenated alkanes) is 2. The highest BCUT2D eigenvalue weighted by atomic mass is 16.4. The van der Waals surface area contributed by atoms with Gasteiger partial charge in [0.25, 0.3) is 5.91 Å². The number of anilines is 2. The van der Waals surface area contributed by atoms with Gasteiger partial charge in [-0.05, 0) is 51.6 Å². The van der Waals surface area contributed by atoms with E-state index in [0.717, 1.165) is 56.3 Å². The Kier molecular flexibility index (Phi) is 8.11. The minimum absolute atomic E-state index is 0.00603. The fourth-order valence-corrected chi connectivity index (χ4v) is 4.66. The van der Waals surface area contributed by atoms with Crippen LogP contribution in [0.4, 0.5) is 11.8 Å². The average molecular weight is 495 g/mol. The third kappa shape index (κ3) is 5.63. The number of hydrogen-bond donors (Lipinski definition) is 5. The first-order valence-electron chi connectivity index (χ1n) is 12.4. The number of nitrogens with zero attached hydrogens (tertiary/aromatic N) is 4. The molecule has 2 aliphatic rings. The lowest BCUT2D eigenvalue weighted by Gasteiger charge is -2.27. The minimum atomic E-state index is -1.04. The molecule has 2 saturated heterocycles. The first kappa shape index (κ1) is 25.5. The predicted octanol–water partition coefficient (Wildman–Crippen LogP) is 2.55. The maximum absolute atomic E-state index is 12.8. The number of pyridine rings is 1. The molecule has 11 heteroatoms. The lowest BCUT2D eigenvalue weighted by molar-refractivity contribution is 0.0688. The highest BCUT2D eigenvalue weighted by Crippen LogP contribution is 2.26. The average Bonchev–Trinajstić information content (AvgIpc) is 3.61. The van der Waals surface area contributed by atoms with E-state index in [1.807, 2.05) is 19.0 Å². The molecule has 2 fully saturated rings. The normalized spacial score (nSPS) is 18.2. The fourth-order valence-electron chi connectivity index (χ4n) is 4.66. The summed E-state index contributed by atoms with van der Waals surface area (Å²) < 4.78 is 0. The first-order chi connectivity index (χ1) is 17.4. The molecule has 0 aromatic carbocycles. The number of likely N-dealkylation sites (tertiary alicyclic amines) is 1. The lowest BCUT2D eigenvalue weighted by Crippen LogP contribution is -2.46. The number of aryl methyl sites for hydroxylation is 1. The number of rotatable bonds is 8. The van der Waals surface area contributed by atoms with E-state index in [4.69, 9.17) is 0 Å². The molecule has 2 atom stereocenters. The summed E-state index contributed by atoms with van der Waals surface area (Å²) in [5, 5.41) is 19.3. The second kappa shape index (κ2) is 11.4. The summed E-state index contributed by atoms with van der Waals surface area (Å²) in [6.45, 7) is 3.73. The number of hydrogen-bond acceptors (Lipinski definition) is 8. The number of carbonyl (C=O) groups excluding carboxylic acids is 1. The van der Waals surface area contributed by atoms with E-state index >= 15 is 0 Å². The van der Waals surface area contributed by atoms with Crippen LogP contribution in [0.3, 0.4) is 0 Å². The van der Waals surface area contributed by atoms with E-state index in [9.17, 15) is 14.7 Å². The SMILES string of the molecule is CCCCCc1nc(Nc2ccc(C(=O)N3C[C@H]4C[C@@H]3CN4)cn2)nc2[nH]c(C(=O)O)cc12.CNC. The number of aromatic carboxylic acids is 1. The molecule has 0 saturated carbocycles. The van der Waals surface area contributed by atoms with E-state index in [1.54, 1.807) is 24.4 Å². The van der Waals surface area contributed by atoms with Gasteiger partial charge in [0.2, 0.25) is 5.95 Å². The fraction of sp³-hybridized carbons (Fsp3) is 0.480. The van der Waals surface area contributed by atoms with Crippen molar-refractivity contribution in [3.63, 3.8) is 0 Å². The van der Waals surface area contributed by atoms with Gasteiger partial charge in [-0.2, -0.15) is 4.98 Å². The summed E-state index contributed by atoms with van der Waals surface area (Å²) >= 11 is 0. The van der Waals surface area contributed by atoms with Gasteiger partial charge in [0.05, 0.1) is 11.3 Å². The monoisotopic (exact) mass is 494 g/mol. The van der Waals surface area contributed by atoms with Gasteiger partial charge >= 0.3 is 5.97 Å². The van der Waals surface area contributed by atoms with Crippen molar-refractivity contribution in [3.05, 3.63) is 41.3 Å². The number of piperazine rings is 1. The van der Waals surface area contributed by atoms with E-state index in [2.05, 4.69) is 42.8 Å². The van der Waals surface area contributed by atoms with E-state index in [-0.39, 0.29) is 17.6 Å². The number of H-pyrrole nitrogens is 1. The zero-order chi connectivity index (χ0) is 25.7. The molecule has 0 spiro atoms. The molecule has 2 aliphatic heterocycles. The Bertz CT molecular complexity index is 1210. The van der Waals surface area contributed by atoms with Crippen LogP contribution in [0.5, 0.6) is 0 Å². The molecule has 36 heavy (non-hydrogen) atoms. The minimum Gasteiger partial charge on any atom is -0.477 e. The van der Waals surface area contributed by atoms with Crippen LogP contribution in [0.15, 0.2) is 24.4 Å². The lowest BCUT2D eigenvalue weighted by atomic mass is 10.1.